The summed E-state index contributed by atoms with van der Waals surface area (Å²) in [6, 6.07) is 14.2. The summed E-state index contributed by atoms with van der Waals surface area (Å²) in [5.41, 5.74) is 4.82. The summed E-state index contributed by atoms with van der Waals surface area (Å²) in [5, 5.41) is 2.99. The van der Waals surface area contributed by atoms with Crippen molar-refractivity contribution in [3.8, 4) is 5.75 Å². The van der Waals surface area contributed by atoms with Crippen molar-refractivity contribution in [1.29, 1.82) is 0 Å². The molecule has 0 saturated carbocycles. The number of methoxy groups -OCH3 is 1. The second-order valence-corrected chi connectivity index (χ2v) is 8.62. The summed E-state index contributed by atoms with van der Waals surface area (Å²) in [7, 11) is 1.61. The van der Waals surface area contributed by atoms with Gasteiger partial charge in [-0.2, -0.15) is 0 Å². The highest BCUT2D eigenvalue weighted by Crippen LogP contribution is 2.45. The minimum absolute atomic E-state index is 0.0504. The Morgan fingerprint density at radius 1 is 1.07 bits per heavy atom. The molecule has 2 atom stereocenters. The van der Waals surface area contributed by atoms with Gasteiger partial charge in [-0.3, -0.25) is 9.59 Å². The maximum absolute atomic E-state index is 13.2. The standard InChI is InChI=1S/C24H24BrNO3/c1-3-14-4-6-15(7-5-14)16-10-20-24(21(27)11-16)19(13-23(28)26-20)18-12-17(25)8-9-22(18)29-2/h4-9,12,16,19H,3,10-11,13H2,1-2H3,(H,26,28). The van der Waals surface area contributed by atoms with E-state index in [-0.39, 0.29) is 29.9 Å². The van der Waals surface area contributed by atoms with Crippen LogP contribution in [0.1, 0.15) is 54.7 Å². The molecule has 2 aromatic rings. The molecule has 0 aromatic heterocycles. The quantitative estimate of drug-likeness (QED) is 0.706. The predicted molar refractivity (Wildman–Crippen MR) is 116 cm³/mol. The van der Waals surface area contributed by atoms with Crippen molar-refractivity contribution in [1.82, 2.24) is 5.32 Å². The Kier molecular flexibility index (Phi) is 5.59. The number of rotatable bonds is 4. The number of hydrogen-bond donors (Lipinski definition) is 1. The van der Waals surface area contributed by atoms with Crippen molar-refractivity contribution in [2.75, 3.05) is 7.11 Å². The number of hydrogen-bond acceptors (Lipinski definition) is 3. The molecule has 4 rings (SSSR count). The molecule has 2 unspecified atom stereocenters. The van der Waals surface area contributed by atoms with Gasteiger partial charge >= 0.3 is 0 Å². The zero-order valence-electron chi connectivity index (χ0n) is 16.6. The van der Waals surface area contributed by atoms with Gasteiger partial charge in [0.2, 0.25) is 5.91 Å². The number of Topliss-reactive ketones (excluding diaryl/α,β-unsaturated/α-hetero) is 1. The van der Waals surface area contributed by atoms with E-state index in [9.17, 15) is 9.59 Å². The molecule has 0 bridgehead atoms. The van der Waals surface area contributed by atoms with Crippen LogP contribution in [0.25, 0.3) is 0 Å². The van der Waals surface area contributed by atoms with Crippen LogP contribution in [-0.4, -0.2) is 18.8 Å². The maximum atomic E-state index is 13.2. The SMILES string of the molecule is CCc1ccc(C2CC(=O)C3=C(C2)NC(=O)CC3c2cc(Br)ccc2OC)cc1. The van der Waals surface area contributed by atoms with Crippen molar-refractivity contribution in [3.63, 3.8) is 0 Å². The number of carbonyl (C=O) groups excluding carboxylic acids is 2. The molecule has 1 amide bonds. The van der Waals surface area contributed by atoms with Crippen LogP contribution in [0.15, 0.2) is 58.2 Å². The first-order chi connectivity index (χ1) is 14.0. The van der Waals surface area contributed by atoms with Gasteiger partial charge in [0.15, 0.2) is 5.78 Å². The van der Waals surface area contributed by atoms with E-state index in [0.29, 0.717) is 18.6 Å². The largest absolute Gasteiger partial charge is 0.496 e. The van der Waals surface area contributed by atoms with Crippen LogP contribution >= 0.6 is 15.9 Å². The third kappa shape index (κ3) is 3.88. The van der Waals surface area contributed by atoms with E-state index in [2.05, 4.69) is 52.4 Å². The Morgan fingerprint density at radius 3 is 2.52 bits per heavy atom. The monoisotopic (exact) mass is 453 g/mol. The number of amides is 1. The third-order valence-electron chi connectivity index (χ3n) is 5.96. The lowest BCUT2D eigenvalue weighted by molar-refractivity contribution is -0.122. The summed E-state index contributed by atoms with van der Waals surface area (Å²) in [6.07, 6.45) is 2.39. The molecule has 1 aliphatic carbocycles. The third-order valence-corrected chi connectivity index (χ3v) is 6.46. The van der Waals surface area contributed by atoms with E-state index in [0.717, 1.165) is 33.3 Å². The second kappa shape index (κ2) is 8.15. The summed E-state index contributed by atoms with van der Waals surface area (Å²) < 4.78 is 6.43. The van der Waals surface area contributed by atoms with E-state index in [4.69, 9.17) is 4.74 Å². The van der Waals surface area contributed by atoms with E-state index in [1.54, 1.807) is 7.11 Å². The van der Waals surface area contributed by atoms with Gasteiger partial charge in [-0.15, -0.1) is 0 Å². The molecule has 2 aliphatic rings. The Hall–Kier alpha value is -2.40. The fraction of sp³-hybridized carbons (Fsp3) is 0.333. The molecule has 4 nitrogen and oxygen atoms in total. The average Bonchev–Trinajstić information content (AvgIpc) is 2.72. The number of allylic oxidation sites excluding steroid dienone is 2. The van der Waals surface area contributed by atoms with Crippen LogP contribution in [0.2, 0.25) is 0 Å². The number of aryl methyl sites for hydroxylation is 1. The topological polar surface area (TPSA) is 55.4 Å². The lowest BCUT2D eigenvalue weighted by Crippen LogP contribution is -2.38. The van der Waals surface area contributed by atoms with Crippen LogP contribution < -0.4 is 10.1 Å². The first kappa shape index (κ1) is 19.9. The van der Waals surface area contributed by atoms with E-state index in [1.807, 2.05) is 18.2 Å². The van der Waals surface area contributed by atoms with Crippen LogP contribution in [0, 0.1) is 0 Å². The minimum atomic E-state index is -0.276. The highest BCUT2D eigenvalue weighted by Gasteiger charge is 2.39. The maximum Gasteiger partial charge on any atom is 0.225 e. The predicted octanol–water partition coefficient (Wildman–Crippen LogP) is 5.02. The van der Waals surface area contributed by atoms with Crippen molar-refractivity contribution in [2.45, 2.75) is 44.4 Å². The van der Waals surface area contributed by atoms with Gasteiger partial charge in [-0.05, 0) is 48.1 Å². The van der Waals surface area contributed by atoms with E-state index in [1.165, 1.54) is 5.56 Å². The van der Waals surface area contributed by atoms with Crippen molar-refractivity contribution < 1.29 is 14.3 Å². The van der Waals surface area contributed by atoms with Crippen molar-refractivity contribution >= 4 is 27.6 Å². The number of benzene rings is 2. The van der Waals surface area contributed by atoms with Gasteiger partial charge in [0.25, 0.3) is 0 Å². The average molecular weight is 454 g/mol. The fourth-order valence-corrected chi connectivity index (χ4v) is 4.84. The Labute approximate surface area is 179 Å². The molecule has 5 heteroatoms. The smallest absolute Gasteiger partial charge is 0.225 e. The normalized spacial score (nSPS) is 21.6. The van der Waals surface area contributed by atoms with Gasteiger partial charge in [0.1, 0.15) is 5.75 Å². The van der Waals surface area contributed by atoms with E-state index < -0.39 is 0 Å². The first-order valence-electron chi connectivity index (χ1n) is 9.98. The molecule has 0 spiro atoms. The minimum Gasteiger partial charge on any atom is -0.496 e. The summed E-state index contributed by atoms with van der Waals surface area (Å²) in [4.78, 5) is 25.8. The zero-order chi connectivity index (χ0) is 20.5. The molecular weight excluding hydrogens is 430 g/mol. The summed E-state index contributed by atoms with van der Waals surface area (Å²) in [5.74, 6) is 0.580. The van der Waals surface area contributed by atoms with Gasteiger partial charge in [0.05, 0.1) is 7.11 Å². The van der Waals surface area contributed by atoms with Crippen LogP contribution in [0.3, 0.4) is 0 Å². The Bertz CT molecular complexity index is 994. The number of carbonyl (C=O) groups is 2. The molecule has 1 aliphatic heterocycles. The number of halogens is 1. The lowest BCUT2D eigenvalue weighted by Gasteiger charge is -2.35. The van der Waals surface area contributed by atoms with Gasteiger partial charge in [-0.1, -0.05) is 47.1 Å². The molecular formula is C24H24BrNO3. The molecule has 1 N–H and O–H groups in total. The van der Waals surface area contributed by atoms with Crippen molar-refractivity contribution in [3.05, 3.63) is 74.9 Å². The molecule has 150 valence electrons. The fourth-order valence-electron chi connectivity index (χ4n) is 4.46. The molecule has 1 heterocycles. The van der Waals surface area contributed by atoms with Crippen LogP contribution in [0.4, 0.5) is 0 Å². The van der Waals surface area contributed by atoms with E-state index >= 15 is 0 Å². The second-order valence-electron chi connectivity index (χ2n) is 7.71. The lowest BCUT2D eigenvalue weighted by atomic mass is 9.73. The Morgan fingerprint density at radius 2 is 1.83 bits per heavy atom. The number of ketones is 1. The highest BCUT2D eigenvalue weighted by molar-refractivity contribution is 9.10. The molecule has 0 saturated heterocycles. The molecule has 0 radical (unpaired) electrons. The van der Waals surface area contributed by atoms with Crippen LogP contribution in [0.5, 0.6) is 5.75 Å². The molecule has 29 heavy (non-hydrogen) atoms. The molecule has 2 aromatic carbocycles. The van der Waals surface area contributed by atoms with Gasteiger partial charge in [-0.25, -0.2) is 0 Å². The zero-order valence-corrected chi connectivity index (χ0v) is 18.2. The first-order valence-corrected chi connectivity index (χ1v) is 10.8. The van der Waals surface area contributed by atoms with Gasteiger partial charge < -0.3 is 10.1 Å². The summed E-state index contributed by atoms with van der Waals surface area (Å²) >= 11 is 3.51. The molecule has 0 fully saturated rings. The Balaban J connectivity index is 1.72. The van der Waals surface area contributed by atoms with Crippen molar-refractivity contribution in [2.24, 2.45) is 0 Å². The number of nitrogens with one attached hydrogen (secondary N) is 1. The summed E-state index contributed by atoms with van der Waals surface area (Å²) in [6.45, 7) is 2.13. The van der Waals surface area contributed by atoms with Crippen LogP contribution in [-0.2, 0) is 16.0 Å². The number of ether oxygens (including phenoxy) is 1. The highest BCUT2D eigenvalue weighted by atomic mass is 79.9. The van der Waals surface area contributed by atoms with Gasteiger partial charge in [0, 0.05) is 40.1 Å².